The molecule has 2 N–H and O–H groups in total. The van der Waals surface area contributed by atoms with Gasteiger partial charge in [0.25, 0.3) is 5.91 Å². The summed E-state index contributed by atoms with van der Waals surface area (Å²) in [4.78, 5) is 21.0. The molecule has 2 aromatic rings. The highest BCUT2D eigenvalue weighted by Crippen LogP contribution is 2.22. The Morgan fingerprint density at radius 1 is 1.08 bits per heavy atom. The second kappa shape index (κ2) is 7.43. The summed E-state index contributed by atoms with van der Waals surface area (Å²) in [5.41, 5.74) is 3.64. The molecule has 1 aromatic carbocycles. The maximum Gasteiger partial charge on any atom is 0.270 e. The van der Waals surface area contributed by atoms with Crippen LogP contribution in [0.2, 0.25) is 0 Å². The van der Waals surface area contributed by atoms with Crippen LogP contribution in [-0.4, -0.2) is 21.9 Å². The molecular weight excluding hydrogens is 300 g/mol. The molecule has 0 spiro atoms. The maximum atomic E-state index is 12.4. The molecule has 0 radical (unpaired) electrons. The predicted molar refractivity (Wildman–Crippen MR) is 95.6 cm³/mol. The Bertz CT molecular complexity index is 703. The van der Waals surface area contributed by atoms with Crippen LogP contribution in [0.4, 0.5) is 11.6 Å². The Morgan fingerprint density at radius 3 is 2.50 bits per heavy atom. The van der Waals surface area contributed by atoms with E-state index in [0.717, 1.165) is 29.7 Å². The molecule has 0 atom stereocenters. The number of hydrogen-bond acceptors (Lipinski definition) is 4. The zero-order valence-electron chi connectivity index (χ0n) is 14.3. The van der Waals surface area contributed by atoms with Gasteiger partial charge in [0, 0.05) is 17.9 Å². The first kappa shape index (κ1) is 16.4. The van der Waals surface area contributed by atoms with E-state index in [9.17, 15) is 4.79 Å². The third kappa shape index (κ3) is 3.91. The fourth-order valence-corrected chi connectivity index (χ4v) is 3.18. The molecule has 0 saturated heterocycles. The Hall–Kier alpha value is -2.43. The van der Waals surface area contributed by atoms with E-state index in [0.29, 0.717) is 11.6 Å². The number of aromatic nitrogens is 2. The lowest BCUT2D eigenvalue weighted by atomic mass is 9.95. The Labute approximate surface area is 142 Å². The van der Waals surface area contributed by atoms with Gasteiger partial charge < -0.3 is 10.6 Å². The lowest BCUT2D eigenvalue weighted by Crippen LogP contribution is -2.36. The molecule has 3 rings (SSSR count). The zero-order valence-corrected chi connectivity index (χ0v) is 14.3. The fourth-order valence-electron chi connectivity index (χ4n) is 3.18. The number of para-hydroxylation sites is 1. The molecule has 24 heavy (non-hydrogen) atoms. The summed E-state index contributed by atoms with van der Waals surface area (Å²) in [6, 6.07) is 8.03. The molecule has 0 unspecified atom stereocenters. The van der Waals surface area contributed by atoms with E-state index in [4.69, 9.17) is 0 Å². The average Bonchev–Trinajstić information content (AvgIpc) is 2.59. The second-order valence-corrected chi connectivity index (χ2v) is 6.47. The number of nitrogens with zero attached hydrogens (tertiary/aromatic N) is 2. The van der Waals surface area contributed by atoms with Gasteiger partial charge in [-0.25, -0.2) is 9.97 Å². The monoisotopic (exact) mass is 324 g/mol. The van der Waals surface area contributed by atoms with Crippen LogP contribution < -0.4 is 10.6 Å². The van der Waals surface area contributed by atoms with Gasteiger partial charge in [0.2, 0.25) is 5.95 Å². The number of aryl methyl sites for hydroxylation is 2. The number of anilines is 2. The van der Waals surface area contributed by atoms with Crippen molar-refractivity contribution in [3.05, 3.63) is 47.3 Å². The van der Waals surface area contributed by atoms with E-state index >= 15 is 0 Å². The standard InChI is InChI=1S/C19H24N4O/c1-13-7-6-8-14(2)17(13)23-19-20-12-11-16(22-19)18(24)21-15-9-4-3-5-10-15/h6-8,11-12,15H,3-5,9-10H2,1-2H3,(H,21,24)(H,20,22,23). The number of hydrogen-bond donors (Lipinski definition) is 2. The van der Waals surface area contributed by atoms with Crippen molar-refractivity contribution in [2.45, 2.75) is 52.0 Å². The van der Waals surface area contributed by atoms with E-state index in [1.807, 2.05) is 32.0 Å². The van der Waals surface area contributed by atoms with Gasteiger partial charge in [-0.05, 0) is 43.9 Å². The first-order valence-corrected chi connectivity index (χ1v) is 8.60. The highest BCUT2D eigenvalue weighted by atomic mass is 16.1. The van der Waals surface area contributed by atoms with Gasteiger partial charge in [-0.3, -0.25) is 4.79 Å². The van der Waals surface area contributed by atoms with Crippen LogP contribution in [0.5, 0.6) is 0 Å². The van der Waals surface area contributed by atoms with E-state index in [1.54, 1.807) is 12.3 Å². The number of nitrogens with one attached hydrogen (secondary N) is 2. The lowest BCUT2D eigenvalue weighted by Gasteiger charge is -2.22. The van der Waals surface area contributed by atoms with Crippen LogP contribution in [0, 0.1) is 13.8 Å². The summed E-state index contributed by atoms with van der Waals surface area (Å²) in [5, 5.41) is 6.33. The smallest absolute Gasteiger partial charge is 0.270 e. The van der Waals surface area contributed by atoms with Gasteiger partial charge in [-0.2, -0.15) is 0 Å². The molecule has 1 aliphatic carbocycles. The van der Waals surface area contributed by atoms with Crippen molar-refractivity contribution in [2.24, 2.45) is 0 Å². The molecule has 5 nitrogen and oxygen atoms in total. The van der Waals surface area contributed by atoms with Crippen LogP contribution in [0.25, 0.3) is 0 Å². The molecule has 1 heterocycles. The first-order valence-electron chi connectivity index (χ1n) is 8.60. The summed E-state index contributed by atoms with van der Waals surface area (Å²) in [7, 11) is 0. The topological polar surface area (TPSA) is 66.9 Å². The zero-order chi connectivity index (χ0) is 16.9. The van der Waals surface area contributed by atoms with Crippen molar-refractivity contribution >= 4 is 17.5 Å². The average molecular weight is 324 g/mol. The van der Waals surface area contributed by atoms with E-state index in [2.05, 4.69) is 20.6 Å². The Balaban J connectivity index is 1.73. The van der Waals surface area contributed by atoms with Gasteiger partial charge in [-0.1, -0.05) is 37.5 Å². The van der Waals surface area contributed by atoms with Crippen LogP contribution >= 0.6 is 0 Å². The van der Waals surface area contributed by atoms with Crippen molar-refractivity contribution in [3.8, 4) is 0 Å². The predicted octanol–water partition coefficient (Wildman–Crippen LogP) is 3.90. The number of rotatable bonds is 4. The van der Waals surface area contributed by atoms with Crippen molar-refractivity contribution in [3.63, 3.8) is 0 Å². The third-order valence-electron chi connectivity index (χ3n) is 4.55. The van der Waals surface area contributed by atoms with Crippen molar-refractivity contribution < 1.29 is 4.79 Å². The molecule has 1 amide bonds. The van der Waals surface area contributed by atoms with Crippen LogP contribution in [-0.2, 0) is 0 Å². The van der Waals surface area contributed by atoms with E-state index < -0.39 is 0 Å². The van der Waals surface area contributed by atoms with Gasteiger partial charge in [0.05, 0.1) is 0 Å². The Morgan fingerprint density at radius 2 is 1.79 bits per heavy atom. The van der Waals surface area contributed by atoms with Crippen LogP contribution in [0.3, 0.4) is 0 Å². The highest BCUT2D eigenvalue weighted by Gasteiger charge is 2.18. The van der Waals surface area contributed by atoms with E-state index in [1.165, 1.54) is 19.3 Å². The van der Waals surface area contributed by atoms with Crippen molar-refractivity contribution in [1.82, 2.24) is 15.3 Å². The van der Waals surface area contributed by atoms with Crippen molar-refractivity contribution in [1.29, 1.82) is 0 Å². The van der Waals surface area contributed by atoms with Crippen LogP contribution in [0.15, 0.2) is 30.5 Å². The Kier molecular flexibility index (Phi) is 5.08. The molecule has 1 aromatic heterocycles. The second-order valence-electron chi connectivity index (χ2n) is 6.47. The molecular formula is C19H24N4O. The molecule has 0 aliphatic heterocycles. The minimum Gasteiger partial charge on any atom is -0.348 e. The molecule has 1 saturated carbocycles. The third-order valence-corrected chi connectivity index (χ3v) is 4.55. The number of carbonyl (C=O) groups excluding carboxylic acids is 1. The van der Waals surface area contributed by atoms with Crippen LogP contribution in [0.1, 0.15) is 53.7 Å². The van der Waals surface area contributed by atoms with Gasteiger partial charge in [0.1, 0.15) is 5.69 Å². The van der Waals surface area contributed by atoms with Crippen molar-refractivity contribution in [2.75, 3.05) is 5.32 Å². The number of benzene rings is 1. The molecule has 1 fully saturated rings. The number of carbonyl (C=O) groups is 1. The quantitative estimate of drug-likeness (QED) is 0.895. The molecule has 126 valence electrons. The minimum absolute atomic E-state index is 0.117. The summed E-state index contributed by atoms with van der Waals surface area (Å²) >= 11 is 0. The lowest BCUT2D eigenvalue weighted by molar-refractivity contribution is 0.0922. The van der Waals surface area contributed by atoms with Gasteiger partial charge in [0.15, 0.2) is 0 Å². The fraction of sp³-hybridized carbons (Fsp3) is 0.421. The van der Waals surface area contributed by atoms with Gasteiger partial charge >= 0.3 is 0 Å². The molecule has 5 heteroatoms. The molecule has 1 aliphatic rings. The first-order chi connectivity index (χ1) is 11.6. The normalized spacial score (nSPS) is 15.1. The summed E-state index contributed by atoms with van der Waals surface area (Å²) < 4.78 is 0. The highest BCUT2D eigenvalue weighted by molar-refractivity contribution is 5.92. The maximum absolute atomic E-state index is 12.4. The molecule has 0 bridgehead atoms. The number of amides is 1. The summed E-state index contributed by atoms with van der Waals surface area (Å²) in [6.45, 7) is 4.07. The van der Waals surface area contributed by atoms with E-state index in [-0.39, 0.29) is 11.9 Å². The largest absolute Gasteiger partial charge is 0.348 e. The SMILES string of the molecule is Cc1cccc(C)c1Nc1nccc(C(=O)NC2CCCCC2)n1. The van der Waals surface area contributed by atoms with Gasteiger partial charge in [-0.15, -0.1) is 0 Å². The summed E-state index contributed by atoms with van der Waals surface area (Å²) in [5.74, 6) is 0.331. The minimum atomic E-state index is -0.117. The summed E-state index contributed by atoms with van der Waals surface area (Å²) in [6.07, 6.45) is 7.39.